The zero-order valence-electron chi connectivity index (χ0n) is 16.6. The van der Waals surface area contributed by atoms with Gasteiger partial charge in [-0.25, -0.2) is 4.99 Å². The van der Waals surface area contributed by atoms with E-state index in [1.165, 1.54) is 0 Å². The Kier molecular flexibility index (Phi) is 8.60. The summed E-state index contributed by atoms with van der Waals surface area (Å²) in [5.74, 6) is 3.42. The van der Waals surface area contributed by atoms with Gasteiger partial charge in [-0.2, -0.15) is 11.8 Å². The minimum Gasteiger partial charge on any atom is -0.387 e. The Morgan fingerprint density at radius 1 is 1.30 bits per heavy atom. The monoisotopic (exact) mass is 390 g/mol. The van der Waals surface area contributed by atoms with Gasteiger partial charge in [-0.1, -0.05) is 29.8 Å². The molecule has 1 aromatic carbocycles. The lowest BCUT2D eigenvalue weighted by Crippen LogP contribution is -2.40. The molecule has 1 heterocycles. The number of hydrogen-bond acceptors (Lipinski definition) is 5. The number of aryl methyl sites for hydroxylation is 2. The number of nitrogens with one attached hydrogen (secondary N) is 2. The first-order valence-electron chi connectivity index (χ1n) is 9.12. The number of aliphatic hydroxyl groups is 1. The van der Waals surface area contributed by atoms with Crippen molar-refractivity contribution < 1.29 is 5.11 Å². The van der Waals surface area contributed by atoms with E-state index >= 15 is 0 Å². The molecular weight excluding hydrogens is 360 g/mol. The van der Waals surface area contributed by atoms with E-state index in [1.807, 2.05) is 61.5 Å². The van der Waals surface area contributed by atoms with Crippen LogP contribution < -0.4 is 10.6 Å². The van der Waals surface area contributed by atoms with Crippen molar-refractivity contribution in [3.8, 4) is 0 Å². The predicted octanol–water partition coefficient (Wildman–Crippen LogP) is 1.95. The number of aromatic nitrogens is 3. The Morgan fingerprint density at radius 2 is 2.11 bits per heavy atom. The molecule has 2 rings (SSSR count). The van der Waals surface area contributed by atoms with Gasteiger partial charge in [-0.05, 0) is 37.8 Å². The fourth-order valence-corrected chi connectivity index (χ4v) is 2.96. The van der Waals surface area contributed by atoms with E-state index < -0.39 is 6.10 Å². The molecule has 0 aliphatic heterocycles. The van der Waals surface area contributed by atoms with Crippen LogP contribution in [0.25, 0.3) is 0 Å². The molecule has 3 N–H and O–H groups in total. The molecule has 8 heteroatoms. The first-order chi connectivity index (χ1) is 13.0. The van der Waals surface area contributed by atoms with Gasteiger partial charge in [0.25, 0.3) is 0 Å². The van der Waals surface area contributed by atoms with Crippen molar-refractivity contribution in [1.29, 1.82) is 0 Å². The lowest BCUT2D eigenvalue weighted by Gasteiger charge is -2.16. The number of nitrogens with zero attached hydrogens (tertiary/aromatic N) is 4. The largest absolute Gasteiger partial charge is 0.387 e. The molecule has 1 unspecified atom stereocenters. The Bertz CT molecular complexity index is 746. The second-order valence-electron chi connectivity index (χ2n) is 6.47. The maximum Gasteiger partial charge on any atom is 0.191 e. The maximum atomic E-state index is 10.5. The van der Waals surface area contributed by atoms with Gasteiger partial charge in [-0.3, -0.25) is 0 Å². The molecule has 1 atom stereocenters. The van der Waals surface area contributed by atoms with Crippen LogP contribution in [0.1, 0.15) is 35.3 Å². The van der Waals surface area contributed by atoms with Crippen molar-refractivity contribution in [2.45, 2.75) is 32.9 Å². The van der Waals surface area contributed by atoms with Crippen LogP contribution in [-0.4, -0.2) is 50.9 Å². The van der Waals surface area contributed by atoms with Gasteiger partial charge in [0.2, 0.25) is 0 Å². The highest BCUT2D eigenvalue weighted by Crippen LogP contribution is 2.13. The smallest absolute Gasteiger partial charge is 0.191 e. The number of guanidine groups is 1. The number of benzene rings is 1. The van der Waals surface area contributed by atoms with E-state index in [9.17, 15) is 5.11 Å². The molecule has 148 valence electrons. The number of rotatable bonds is 9. The summed E-state index contributed by atoms with van der Waals surface area (Å²) in [5.41, 5.74) is 2.03. The predicted molar refractivity (Wildman–Crippen MR) is 112 cm³/mol. The van der Waals surface area contributed by atoms with Crippen LogP contribution in [0.3, 0.4) is 0 Å². The van der Waals surface area contributed by atoms with Crippen LogP contribution in [-0.2, 0) is 13.6 Å². The second kappa shape index (κ2) is 10.9. The van der Waals surface area contributed by atoms with Gasteiger partial charge in [-0.15, -0.1) is 10.2 Å². The molecular formula is C19H30N6OS. The highest BCUT2D eigenvalue weighted by molar-refractivity contribution is 7.98. The molecule has 27 heavy (non-hydrogen) atoms. The number of hydrogen-bond donors (Lipinski definition) is 3. The standard InChI is InChI=1S/C19H30N6OS/c1-14-7-5-8-16(11-14)17(26)12-21-19(20-9-6-10-27-4)22-13-18-24-23-15(2)25(18)3/h5,7-8,11,17,26H,6,9-10,12-13H2,1-4H3,(H2,20,21,22). The van der Waals surface area contributed by atoms with Crippen molar-refractivity contribution >= 4 is 17.7 Å². The Hall–Kier alpha value is -2.06. The zero-order chi connectivity index (χ0) is 19.6. The summed E-state index contributed by atoms with van der Waals surface area (Å²) in [6, 6.07) is 7.91. The van der Waals surface area contributed by atoms with Gasteiger partial charge in [0.15, 0.2) is 11.8 Å². The Morgan fingerprint density at radius 3 is 2.78 bits per heavy atom. The summed E-state index contributed by atoms with van der Waals surface area (Å²) in [4.78, 5) is 4.60. The first kappa shape index (κ1) is 21.2. The quantitative estimate of drug-likeness (QED) is 0.345. The molecule has 0 bridgehead atoms. The van der Waals surface area contributed by atoms with Crippen LogP contribution >= 0.6 is 11.8 Å². The average molecular weight is 391 g/mol. The van der Waals surface area contributed by atoms with Crippen LogP contribution in [0.15, 0.2) is 29.3 Å². The molecule has 0 spiro atoms. The molecule has 0 aliphatic carbocycles. The second-order valence-corrected chi connectivity index (χ2v) is 7.46. The van der Waals surface area contributed by atoms with E-state index in [0.717, 1.165) is 41.5 Å². The van der Waals surface area contributed by atoms with E-state index in [1.54, 1.807) is 0 Å². The molecule has 0 radical (unpaired) electrons. The number of aliphatic hydroxyl groups excluding tert-OH is 1. The number of thioether (sulfide) groups is 1. The van der Waals surface area contributed by atoms with Crippen LogP contribution in [0, 0.1) is 13.8 Å². The van der Waals surface area contributed by atoms with Crippen molar-refractivity contribution in [3.63, 3.8) is 0 Å². The lowest BCUT2D eigenvalue weighted by atomic mass is 10.1. The van der Waals surface area contributed by atoms with Crippen LogP contribution in [0.5, 0.6) is 0 Å². The van der Waals surface area contributed by atoms with Gasteiger partial charge >= 0.3 is 0 Å². The van der Waals surface area contributed by atoms with E-state index in [2.05, 4.69) is 32.1 Å². The molecule has 7 nitrogen and oxygen atoms in total. The molecule has 0 saturated heterocycles. The molecule has 0 fully saturated rings. The summed E-state index contributed by atoms with van der Waals surface area (Å²) in [6.45, 7) is 5.57. The van der Waals surface area contributed by atoms with Gasteiger partial charge < -0.3 is 20.3 Å². The third-order valence-corrected chi connectivity index (χ3v) is 4.97. The van der Waals surface area contributed by atoms with Gasteiger partial charge in [0, 0.05) is 20.1 Å². The maximum absolute atomic E-state index is 10.5. The van der Waals surface area contributed by atoms with Crippen molar-refractivity contribution in [2.24, 2.45) is 12.0 Å². The zero-order valence-corrected chi connectivity index (χ0v) is 17.4. The highest BCUT2D eigenvalue weighted by atomic mass is 32.2. The average Bonchev–Trinajstić information content (AvgIpc) is 2.98. The summed E-state index contributed by atoms with van der Waals surface area (Å²) in [7, 11) is 1.93. The highest BCUT2D eigenvalue weighted by Gasteiger charge is 2.10. The fourth-order valence-electron chi connectivity index (χ4n) is 2.52. The summed E-state index contributed by atoms with van der Waals surface area (Å²) >= 11 is 1.82. The van der Waals surface area contributed by atoms with Crippen molar-refractivity contribution in [2.75, 3.05) is 25.1 Å². The SMILES string of the molecule is CSCCCNC(=NCc1nnc(C)n1C)NCC(O)c1cccc(C)c1. The Balaban J connectivity index is 1.98. The number of aliphatic imine (C=N–C) groups is 1. The summed E-state index contributed by atoms with van der Waals surface area (Å²) in [6.07, 6.45) is 2.55. The molecule has 1 aromatic heterocycles. The first-order valence-corrected chi connectivity index (χ1v) is 10.5. The molecule has 0 aliphatic rings. The van der Waals surface area contributed by atoms with Crippen LogP contribution in [0.4, 0.5) is 0 Å². The lowest BCUT2D eigenvalue weighted by molar-refractivity contribution is 0.180. The molecule has 2 aromatic rings. The van der Waals surface area contributed by atoms with Crippen molar-refractivity contribution in [1.82, 2.24) is 25.4 Å². The van der Waals surface area contributed by atoms with Gasteiger partial charge in [0.1, 0.15) is 12.4 Å². The van der Waals surface area contributed by atoms with E-state index in [0.29, 0.717) is 19.0 Å². The van der Waals surface area contributed by atoms with Crippen LogP contribution in [0.2, 0.25) is 0 Å². The van der Waals surface area contributed by atoms with Crippen molar-refractivity contribution in [3.05, 3.63) is 47.0 Å². The molecule has 0 amide bonds. The third-order valence-electron chi connectivity index (χ3n) is 4.27. The van der Waals surface area contributed by atoms with E-state index in [-0.39, 0.29) is 0 Å². The topological polar surface area (TPSA) is 87.4 Å². The summed E-state index contributed by atoms with van der Waals surface area (Å²) in [5, 5.41) is 25.2. The molecule has 0 saturated carbocycles. The minimum absolute atomic E-state index is 0.385. The third kappa shape index (κ3) is 6.88. The normalized spacial score (nSPS) is 12.9. The van der Waals surface area contributed by atoms with Gasteiger partial charge in [0.05, 0.1) is 6.10 Å². The fraction of sp³-hybridized carbons (Fsp3) is 0.526. The Labute approximate surface area is 165 Å². The van der Waals surface area contributed by atoms with E-state index in [4.69, 9.17) is 0 Å². The minimum atomic E-state index is -0.597. The summed E-state index contributed by atoms with van der Waals surface area (Å²) < 4.78 is 1.93.